The van der Waals surface area contributed by atoms with Gasteiger partial charge in [-0.1, -0.05) is 11.6 Å². The zero-order valence-corrected chi connectivity index (χ0v) is 23.4. The minimum atomic E-state index is -0.474. The summed E-state index contributed by atoms with van der Waals surface area (Å²) in [4.78, 5) is 14.0. The lowest BCUT2D eigenvalue weighted by Crippen LogP contribution is -2.49. The zero-order chi connectivity index (χ0) is 27.2. The standard InChI is InChI=1S/C29H37ClFN5O3/c1-20(2)36-11-9-35(10-12-36)8-3-13-38-23-17-26-28(27(18-23)39-22-6-14-37-15-7-22)29(33-19-32-26)34-21-4-5-25(31)24(30)16-21/h4-5,16-20,22H,3,6-15H2,1-2H3,(H,32,33,34). The van der Waals surface area contributed by atoms with Gasteiger partial charge in [0, 0.05) is 69.4 Å². The molecule has 210 valence electrons. The summed E-state index contributed by atoms with van der Waals surface area (Å²) in [5.74, 6) is 1.44. The van der Waals surface area contributed by atoms with Gasteiger partial charge in [-0.15, -0.1) is 0 Å². The Bertz CT molecular complexity index is 1250. The largest absolute Gasteiger partial charge is 0.493 e. The van der Waals surface area contributed by atoms with Gasteiger partial charge in [-0.3, -0.25) is 4.90 Å². The highest BCUT2D eigenvalue weighted by atomic mass is 35.5. The van der Waals surface area contributed by atoms with Gasteiger partial charge >= 0.3 is 0 Å². The average molecular weight is 558 g/mol. The van der Waals surface area contributed by atoms with Gasteiger partial charge < -0.3 is 24.4 Å². The Hall–Kier alpha value is -2.72. The molecule has 0 unspecified atom stereocenters. The second-order valence-corrected chi connectivity index (χ2v) is 10.8. The first kappa shape index (κ1) is 27.8. The molecule has 5 rings (SSSR count). The molecule has 0 radical (unpaired) electrons. The molecule has 0 aliphatic carbocycles. The molecule has 1 N–H and O–H groups in total. The third-order valence-corrected chi connectivity index (χ3v) is 7.63. The number of ether oxygens (including phenoxy) is 3. The molecule has 2 fully saturated rings. The predicted octanol–water partition coefficient (Wildman–Crippen LogP) is 5.52. The van der Waals surface area contributed by atoms with Crippen LogP contribution in [-0.4, -0.2) is 84.5 Å². The van der Waals surface area contributed by atoms with E-state index in [1.165, 1.54) is 18.5 Å². The highest BCUT2D eigenvalue weighted by Crippen LogP contribution is 2.37. The molecule has 2 aromatic carbocycles. The molecule has 0 atom stereocenters. The molecule has 0 bridgehead atoms. The lowest BCUT2D eigenvalue weighted by atomic mass is 10.1. The Morgan fingerprint density at radius 2 is 1.90 bits per heavy atom. The minimum absolute atomic E-state index is 0.0232. The van der Waals surface area contributed by atoms with Crippen molar-refractivity contribution in [3.05, 3.63) is 47.5 Å². The van der Waals surface area contributed by atoms with Crippen molar-refractivity contribution in [3.63, 3.8) is 0 Å². The van der Waals surface area contributed by atoms with Crippen LogP contribution >= 0.6 is 11.6 Å². The van der Waals surface area contributed by atoms with Crippen molar-refractivity contribution in [2.24, 2.45) is 0 Å². The molecule has 39 heavy (non-hydrogen) atoms. The van der Waals surface area contributed by atoms with Crippen molar-refractivity contribution >= 4 is 34.0 Å². The molecule has 3 aromatic rings. The van der Waals surface area contributed by atoms with Crippen LogP contribution < -0.4 is 14.8 Å². The van der Waals surface area contributed by atoms with Crippen LogP contribution in [0.2, 0.25) is 5.02 Å². The number of rotatable bonds is 10. The summed E-state index contributed by atoms with van der Waals surface area (Å²) in [6.45, 7) is 11.9. The molecule has 1 aromatic heterocycles. The van der Waals surface area contributed by atoms with Gasteiger partial charge in [0.05, 0.1) is 35.7 Å². The van der Waals surface area contributed by atoms with Gasteiger partial charge in [-0.25, -0.2) is 14.4 Å². The van der Waals surface area contributed by atoms with Gasteiger partial charge in [0.2, 0.25) is 0 Å². The lowest BCUT2D eigenvalue weighted by molar-refractivity contribution is 0.0261. The van der Waals surface area contributed by atoms with E-state index in [1.54, 1.807) is 6.07 Å². The molecule has 2 aliphatic heterocycles. The molecule has 2 aliphatic rings. The van der Waals surface area contributed by atoms with Crippen molar-refractivity contribution in [2.45, 2.75) is 45.3 Å². The summed E-state index contributed by atoms with van der Waals surface area (Å²) in [7, 11) is 0. The SMILES string of the molecule is CC(C)N1CCN(CCCOc2cc(OC3CCOCC3)c3c(Nc4ccc(F)c(Cl)c4)ncnc3c2)CC1. The highest BCUT2D eigenvalue weighted by molar-refractivity contribution is 6.31. The first-order valence-electron chi connectivity index (χ1n) is 13.8. The van der Waals surface area contributed by atoms with Crippen molar-refractivity contribution in [1.29, 1.82) is 0 Å². The number of aromatic nitrogens is 2. The molecule has 2 saturated heterocycles. The maximum atomic E-state index is 13.7. The number of halogens is 2. The Morgan fingerprint density at radius 3 is 2.64 bits per heavy atom. The number of benzene rings is 2. The maximum Gasteiger partial charge on any atom is 0.145 e. The van der Waals surface area contributed by atoms with E-state index in [0.29, 0.717) is 54.4 Å². The number of nitrogens with zero attached hydrogens (tertiary/aromatic N) is 4. The van der Waals surface area contributed by atoms with Crippen LogP contribution in [0.4, 0.5) is 15.9 Å². The van der Waals surface area contributed by atoms with Gasteiger partial charge in [0.25, 0.3) is 0 Å². The maximum absolute atomic E-state index is 13.7. The van der Waals surface area contributed by atoms with E-state index in [2.05, 4.69) is 38.9 Å². The minimum Gasteiger partial charge on any atom is -0.493 e. The molecule has 0 spiro atoms. The van der Waals surface area contributed by atoms with Gasteiger partial charge in [0.1, 0.15) is 35.6 Å². The number of anilines is 2. The Balaban J connectivity index is 1.31. The van der Waals surface area contributed by atoms with Crippen LogP contribution in [-0.2, 0) is 4.74 Å². The third-order valence-electron chi connectivity index (χ3n) is 7.34. The van der Waals surface area contributed by atoms with Gasteiger partial charge in [-0.05, 0) is 38.5 Å². The molecular weight excluding hydrogens is 521 g/mol. The van der Waals surface area contributed by atoms with Crippen LogP contribution in [0.5, 0.6) is 11.5 Å². The lowest BCUT2D eigenvalue weighted by Gasteiger charge is -2.36. The number of hydrogen-bond donors (Lipinski definition) is 1. The third kappa shape index (κ3) is 7.28. The molecule has 0 saturated carbocycles. The average Bonchev–Trinajstić information content (AvgIpc) is 2.94. The van der Waals surface area contributed by atoms with Crippen molar-refractivity contribution in [3.8, 4) is 11.5 Å². The fraction of sp³-hybridized carbons (Fsp3) is 0.517. The first-order valence-corrected chi connectivity index (χ1v) is 14.2. The second kappa shape index (κ2) is 13.1. The van der Waals surface area contributed by atoms with E-state index in [4.69, 9.17) is 25.8 Å². The molecular formula is C29H37ClFN5O3. The topological polar surface area (TPSA) is 72.0 Å². The van der Waals surface area contributed by atoms with E-state index in [1.807, 2.05) is 12.1 Å². The first-order chi connectivity index (χ1) is 19.0. The normalized spacial score (nSPS) is 17.6. The number of hydrogen-bond acceptors (Lipinski definition) is 8. The highest BCUT2D eigenvalue weighted by Gasteiger charge is 2.21. The van der Waals surface area contributed by atoms with Crippen LogP contribution in [0.15, 0.2) is 36.7 Å². The Labute approximate surface area is 234 Å². The number of piperazine rings is 1. The van der Waals surface area contributed by atoms with E-state index < -0.39 is 5.82 Å². The van der Waals surface area contributed by atoms with Crippen LogP contribution in [0, 0.1) is 5.82 Å². The van der Waals surface area contributed by atoms with Crippen LogP contribution in [0.1, 0.15) is 33.1 Å². The van der Waals surface area contributed by atoms with E-state index in [9.17, 15) is 4.39 Å². The Morgan fingerprint density at radius 1 is 1.10 bits per heavy atom. The molecule has 3 heterocycles. The second-order valence-electron chi connectivity index (χ2n) is 10.4. The van der Waals surface area contributed by atoms with Crippen LogP contribution in [0.3, 0.4) is 0 Å². The zero-order valence-electron chi connectivity index (χ0n) is 22.7. The number of nitrogens with one attached hydrogen (secondary N) is 1. The predicted molar refractivity (Wildman–Crippen MR) is 152 cm³/mol. The summed E-state index contributed by atoms with van der Waals surface area (Å²) in [6.07, 6.45) is 4.07. The molecule has 8 nitrogen and oxygen atoms in total. The van der Waals surface area contributed by atoms with E-state index in [-0.39, 0.29) is 11.1 Å². The fourth-order valence-corrected chi connectivity index (χ4v) is 5.25. The summed E-state index contributed by atoms with van der Waals surface area (Å²) >= 11 is 6.00. The fourth-order valence-electron chi connectivity index (χ4n) is 5.07. The van der Waals surface area contributed by atoms with Crippen LogP contribution in [0.25, 0.3) is 10.9 Å². The summed E-state index contributed by atoms with van der Waals surface area (Å²) < 4.78 is 31.9. The van der Waals surface area contributed by atoms with E-state index in [0.717, 1.165) is 57.4 Å². The molecule has 10 heteroatoms. The van der Waals surface area contributed by atoms with Crippen molar-refractivity contribution < 1.29 is 18.6 Å². The monoisotopic (exact) mass is 557 g/mol. The summed E-state index contributed by atoms with van der Waals surface area (Å²) in [5, 5.41) is 4.03. The molecule has 0 amide bonds. The summed E-state index contributed by atoms with van der Waals surface area (Å²) in [5.41, 5.74) is 1.32. The number of fused-ring (bicyclic) bond motifs is 1. The van der Waals surface area contributed by atoms with Crippen molar-refractivity contribution in [1.82, 2.24) is 19.8 Å². The van der Waals surface area contributed by atoms with Gasteiger partial charge in [-0.2, -0.15) is 0 Å². The Kier molecular flexibility index (Phi) is 9.34. The summed E-state index contributed by atoms with van der Waals surface area (Å²) in [6, 6.07) is 8.92. The smallest absolute Gasteiger partial charge is 0.145 e. The quantitative estimate of drug-likeness (QED) is 0.327. The van der Waals surface area contributed by atoms with Crippen molar-refractivity contribution in [2.75, 3.05) is 57.9 Å². The van der Waals surface area contributed by atoms with E-state index >= 15 is 0 Å². The van der Waals surface area contributed by atoms with Gasteiger partial charge in [0.15, 0.2) is 0 Å².